The minimum absolute atomic E-state index is 0.143. The van der Waals surface area contributed by atoms with Gasteiger partial charge in [-0.1, -0.05) is 68.7 Å². The first-order chi connectivity index (χ1) is 33.4. The first kappa shape index (κ1) is 51.1. The lowest BCUT2D eigenvalue weighted by Gasteiger charge is -2.38. The third-order valence-corrected chi connectivity index (χ3v) is 15.5. The number of aromatic nitrogens is 1. The highest BCUT2D eigenvalue weighted by Crippen LogP contribution is 2.45. The van der Waals surface area contributed by atoms with Crippen LogP contribution in [-0.4, -0.2) is 70.0 Å². The van der Waals surface area contributed by atoms with Gasteiger partial charge in [0.1, 0.15) is 24.0 Å². The van der Waals surface area contributed by atoms with E-state index in [1.807, 2.05) is 41.6 Å². The van der Waals surface area contributed by atoms with Gasteiger partial charge in [-0.2, -0.15) is 5.10 Å². The fourth-order valence-corrected chi connectivity index (χ4v) is 11.3. The van der Waals surface area contributed by atoms with Crippen LogP contribution in [0, 0.1) is 29.6 Å². The molecule has 0 aliphatic heterocycles. The van der Waals surface area contributed by atoms with Crippen molar-refractivity contribution in [3.05, 3.63) is 90.5 Å². The molecule has 0 bridgehead atoms. The predicted octanol–water partition coefficient (Wildman–Crippen LogP) is 13.1. The van der Waals surface area contributed by atoms with Crippen LogP contribution < -0.4 is 19.2 Å². The number of anilines is 1. The summed E-state index contributed by atoms with van der Waals surface area (Å²) in [6, 6.07) is 22.2. The molecule has 3 saturated carbocycles. The molecule has 0 radical (unpaired) electrons. The topological polar surface area (TPSA) is 118 Å². The number of ether oxygens (including phenoxy) is 6. The first-order valence-corrected chi connectivity index (χ1v) is 26.4. The zero-order valence-corrected chi connectivity index (χ0v) is 41.5. The second-order valence-electron chi connectivity index (χ2n) is 19.2. The first-order valence-electron chi connectivity index (χ1n) is 25.6. The summed E-state index contributed by atoms with van der Waals surface area (Å²) in [7, 11) is 1.67. The summed E-state index contributed by atoms with van der Waals surface area (Å²) in [4.78, 5) is 29.3. The molecule has 1 heterocycles. The number of hydrogen-bond acceptors (Lipinski definition) is 12. The smallest absolute Gasteiger partial charge is 0.330 e. The molecule has 3 fully saturated rings. The van der Waals surface area contributed by atoms with Crippen LogP contribution in [0.3, 0.4) is 0 Å². The van der Waals surface area contributed by atoms with Crippen molar-refractivity contribution in [1.82, 2.24) is 4.98 Å². The Morgan fingerprint density at radius 2 is 1.49 bits per heavy atom. The molecule has 0 unspecified atom stereocenters. The number of hydrogen-bond donors (Lipinski definition) is 0. The van der Waals surface area contributed by atoms with Gasteiger partial charge in [0.2, 0.25) is 5.13 Å². The fraction of sp³-hybridized carbons (Fsp3) is 0.571. The van der Waals surface area contributed by atoms with Gasteiger partial charge in [-0.15, -0.1) is 0 Å². The van der Waals surface area contributed by atoms with Crippen LogP contribution in [0.2, 0.25) is 0 Å². The van der Waals surface area contributed by atoms with Crippen molar-refractivity contribution in [1.29, 1.82) is 0 Å². The van der Waals surface area contributed by atoms with E-state index in [0.717, 1.165) is 102 Å². The van der Waals surface area contributed by atoms with E-state index in [2.05, 4.69) is 37.8 Å². The standard InChI is InChI=1S/C56H75N3O8S/c1-4-12-41-15-19-43(20-16-41)44-23-25-45(26-24-44)47-27-32-52(48(37-47)38-57-59(40-63-36-35-62-3)56-58-51-13-8-9-14-53(51)68-56)66-39-42-17-21-46(22-18-42)55(61)67-50-30-28-49(29-31-50)64-33-10-6-7-11-34-65-54(60)5-2/h5,8-9,13-14,27-32,37-38,41-46H,2,4,6-7,10-12,15-26,33-36,39-40H2,1,3H3/b57-38+. The Morgan fingerprint density at radius 1 is 0.779 bits per heavy atom. The molecule has 0 N–H and O–H groups in total. The number of rotatable bonds is 26. The van der Waals surface area contributed by atoms with Gasteiger partial charge < -0.3 is 28.4 Å². The Kier molecular flexibility index (Phi) is 20.6. The lowest BCUT2D eigenvalue weighted by molar-refractivity contribution is -0.140. The molecule has 0 saturated heterocycles. The van der Waals surface area contributed by atoms with Crippen molar-refractivity contribution in [3.8, 4) is 17.2 Å². The number of para-hydroxylation sites is 1. The maximum atomic E-state index is 13.3. The van der Waals surface area contributed by atoms with Crippen molar-refractivity contribution in [2.45, 2.75) is 128 Å². The highest BCUT2D eigenvalue weighted by Gasteiger charge is 2.32. The molecule has 68 heavy (non-hydrogen) atoms. The van der Waals surface area contributed by atoms with Crippen LogP contribution in [0.5, 0.6) is 17.2 Å². The fourth-order valence-electron chi connectivity index (χ4n) is 10.4. The summed E-state index contributed by atoms with van der Waals surface area (Å²) in [6.45, 7) is 8.50. The number of esters is 2. The second kappa shape index (κ2) is 27.4. The van der Waals surface area contributed by atoms with Gasteiger partial charge in [0.25, 0.3) is 0 Å². The van der Waals surface area contributed by atoms with Crippen LogP contribution in [0.25, 0.3) is 10.2 Å². The van der Waals surface area contributed by atoms with Crippen LogP contribution in [0.1, 0.15) is 140 Å². The minimum atomic E-state index is -0.382. The summed E-state index contributed by atoms with van der Waals surface area (Å²) >= 11 is 1.60. The van der Waals surface area contributed by atoms with Gasteiger partial charge in [0.05, 0.1) is 55.4 Å². The Bertz CT molecular complexity index is 2140. The molecular weight excluding hydrogens is 875 g/mol. The third-order valence-electron chi connectivity index (χ3n) is 14.4. The third kappa shape index (κ3) is 15.6. The van der Waals surface area contributed by atoms with Crippen LogP contribution >= 0.6 is 11.3 Å². The number of methoxy groups -OCH3 is 1. The Hall–Kier alpha value is -4.78. The molecule has 0 amide bonds. The van der Waals surface area contributed by atoms with E-state index in [4.69, 9.17) is 38.5 Å². The van der Waals surface area contributed by atoms with E-state index in [9.17, 15) is 9.59 Å². The number of carbonyl (C=O) groups excluding carboxylic acids is 2. The van der Waals surface area contributed by atoms with Crippen molar-refractivity contribution in [3.63, 3.8) is 0 Å². The monoisotopic (exact) mass is 950 g/mol. The van der Waals surface area contributed by atoms with Gasteiger partial charge in [-0.3, -0.25) is 4.79 Å². The highest BCUT2D eigenvalue weighted by molar-refractivity contribution is 7.22. The SMILES string of the molecule is C=CC(=O)OCCCCCCOc1ccc(OC(=O)C2CCC(COc3ccc(C4CCC(C5CCC(CCC)CC5)CC4)cc3/C=N/N(COCCOC)c3nc4ccccc4s3)CC2)cc1. The molecule has 11 nitrogen and oxygen atoms in total. The maximum Gasteiger partial charge on any atom is 0.330 e. The van der Waals surface area contributed by atoms with E-state index in [1.165, 1.54) is 75.8 Å². The summed E-state index contributed by atoms with van der Waals surface area (Å²) in [6.07, 6.45) is 23.6. The molecule has 12 heteroatoms. The van der Waals surface area contributed by atoms with E-state index in [1.54, 1.807) is 30.6 Å². The number of carbonyl (C=O) groups is 2. The van der Waals surface area contributed by atoms with Gasteiger partial charge >= 0.3 is 11.9 Å². The van der Waals surface area contributed by atoms with Gasteiger partial charge in [0, 0.05) is 18.7 Å². The lowest BCUT2D eigenvalue weighted by Crippen LogP contribution is -2.27. The minimum Gasteiger partial charge on any atom is -0.494 e. The molecule has 368 valence electrons. The van der Waals surface area contributed by atoms with Gasteiger partial charge in [0.15, 0.2) is 0 Å². The number of fused-ring (bicyclic) bond motifs is 1. The van der Waals surface area contributed by atoms with Crippen molar-refractivity contribution in [2.75, 3.05) is 51.9 Å². The molecule has 1 aromatic heterocycles. The van der Waals surface area contributed by atoms with E-state index >= 15 is 0 Å². The van der Waals surface area contributed by atoms with E-state index in [0.29, 0.717) is 50.6 Å². The molecule has 7 rings (SSSR count). The molecule has 3 aromatic carbocycles. The van der Waals surface area contributed by atoms with Crippen LogP contribution in [0.4, 0.5) is 5.13 Å². The average Bonchev–Trinajstić information content (AvgIpc) is 3.82. The summed E-state index contributed by atoms with van der Waals surface area (Å²) in [5, 5.41) is 7.63. The number of nitrogens with zero attached hydrogens (tertiary/aromatic N) is 3. The van der Waals surface area contributed by atoms with Crippen molar-refractivity contribution in [2.24, 2.45) is 34.7 Å². The van der Waals surface area contributed by atoms with Crippen molar-refractivity contribution >= 4 is 44.8 Å². The van der Waals surface area contributed by atoms with Crippen LogP contribution in [-0.2, 0) is 23.8 Å². The number of unbranched alkanes of at least 4 members (excludes halogenated alkanes) is 3. The van der Waals surface area contributed by atoms with Crippen molar-refractivity contribution < 1.29 is 38.0 Å². The zero-order valence-electron chi connectivity index (χ0n) is 40.7. The number of hydrazone groups is 1. The molecule has 3 aliphatic rings. The number of thiazole rings is 1. The predicted molar refractivity (Wildman–Crippen MR) is 272 cm³/mol. The largest absolute Gasteiger partial charge is 0.494 e. The molecule has 0 atom stereocenters. The summed E-state index contributed by atoms with van der Waals surface area (Å²) in [5.41, 5.74) is 3.25. The molecular formula is C56H75N3O8S. The Morgan fingerprint density at radius 3 is 2.21 bits per heavy atom. The van der Waals surface area contributed by atoms with Crippen LogP contribution in [0.15, 0.2) is 84.5 Å². The zero-order chi connectivity index (χ0) is 47.3. The summed E-state index contributed by atoms with van der Waals surface area (Å²) in [5.74, 6) is 4.96. The number of benzene rings is 3. The van der Waals surface area contributed by atoms with E-state index < -0.39 is 0 Å². The molecule has 3 aliphatic carbocycles. The average molecular weight is 950 g/mol. The summed E-state index contributed by atoms with van der Waals surface area (Å²) < 4.78 is 35.8. The molecule has 4 aromatic rings. The maximum absolute atomic E-state index is 13.3. The normalized spacial score (nSPS) is 21.9. The lowest BCUT2D eigenvalue weighted by atomic mass is 9.68. The molecule has 0 spiro atoms. The van der Waals surface area contributed by atoms with Gasteiger partial charge in [-0.25, -0.2) is 14.8 Å². The Balaban J connectivity index is 0.930. The highest BCUT2D eigenvalue weighted by atomic mass is 32.1. The van der Waals surface area contributed by atoms with Gasteiger partial charge in [-0.05, 0) is 174 Å². The second-order valence-corrected chi connectivity index (χ2v) is 20.2. The van der Waals surface area contributed by atoms with E-state index in [-0.39, 0.29) is 24.6 Å². The Labute approximate surface area is 409 Å². The quantitative estimate of drug-likeness (QED) is 0.0114.